The summed E-state index contributed by atoms with van der Waals surface area (Å²) in [7, 11) is 0. The quantitative estimate of drug-likeness (QED) is 0.508. The Labute approximate surface area is 174 Å². The fourth-order valence-corrected chi connectivity index (χ4v) is 3.32. The Morgan fingerprint density at radius 1 is 1.13 bits per heavy atom. The van der Waals surface area contributed by atoms with E-state index in [9.17, 15) is 14.0 Å². The minimum Gasteiger partial charge on any atom is -0.460 e. The number of halogens is 2. The number of fused-ring (bicyclic) bond motifs is 1. The summed E-state index contributed by atoms with van der Waals surface area (Å²) < 4.78 is 24.1. The molecule has 0 amide bonds. The van der Waals surface area contributed by atoms with Crippen LogP contribution in [-0.4, -0.2) is 9.97 Å². The highest BCUT2D eigenvalue weighted by molar-refractivity contribution is 6.31. The summed E-state index contributed by atoms with van der Waals surface area (Å²) in [5.41, 5.74) is 1.87. The average molecular weight is 427 g/mol. The van der Waals surface area contributed by atoms with Crippen molar-refractivity contribution in [1.29, 1.82) is 0 Å². The summed E-state index contributed by atoms with van der Waals surface area (Å²) in [5, 5.41) is 0.277. The van der Waals surface area contributed by atoms with Gasteiger partial charge in [0.25, 0.3) is 11.6 Å². The van der Waals surface area contributed by atoms with Gasteiger partial charge in [0, 0.05) is 6.07 Å². The van der Waals surface area contributed by atoms with Gasteiger partial charge >= 0.3 is 5.63 Å². The first kappa shape index (κ1) is 19.8. The molecule has 0 bridgehead atoms. The van der Waals surface area contributed by atoms with Crippen molar-refractivity contribution >= 4 is 22.7 Å². The van der Waals surface area contributed by atoms with Crippen molar-refractivity contribution in [1.82, 2.24) is 9.97 Å². The molecular weight excluding hydrogens is 411 g/mol. The van der Waals surface area contributed by atoms with Crippen molar-refractivity contribution in [3.05, 3.63) is 91.3 Å². The van der Waals surface area contributed by atoms with E-state index >= 15 is 0 Å². The number of aromatic amines is 1. The lowest BCUT2D eigenvalue weighted by molar-refractivity contribution is 0.279. The molecule has 0 saturated carbocycles. The molecule has 1 N–H and O–H groups in total. The zero-order valence-electron chi connectivity index (χ0n) is 15.9. The van der Waals surface area contributed by atoms with Crippen LogP contribution in [0.5, 0.6) is 6.01 Å². The second-order valence-corrected chi connectivity index (χ2v) is 7.02. The lowest BCUT2D eigenvalue weighted by Gasteiger charge is -2.09. The van der Waals surface area contributed by atoms with Crippen LogP contribution < -0.4 is 15.9 Å². The molecule has 0 saturated heterocycles. The van der Waals surface area contributed by atoms with E-state index in [2.05, 4.69) is 9.97 Å². The number of nitrogens with zero attached hydrogens (tertiary/aromatic N) is 1. The van der Waals surface area contributed by atoms with E-state index in [0.29, 0.717) is 12.0 Å². The molecule has 30 heavy (non-hydrogen) atoms. The second-order valence-electron chi connectivity index (χ2n) is 6.61. The summed E-state index contributed by atoms with van der Waals surface area (Å²) in [6.07, 6.45) is 0.493. The molecule has 0 aliphatic heterocycles. The largest absolute Gasteiger partial charge is 0.460 e. The molecule has 0 spiro atoms. The summed E-state index contributed by atoms with van der Waals surface area (Å²) in [6, 6.07) is 13.1. The molecule has 4 aromatic rings. The number of aryl methyl sites for hydroxylation is 1. The standard InChI is InChI=1S/C22H16ClFN2O4/c1-2-13-10-18(27)30-21-19(13)20(28)25-22(26-21)29-11-12-4-3-5-14(8-12)15-6-7-17(24)16(23)9-15/h3-10H,2,11H2,1H3,(H,25,26,28). The van der Waals surface area contributed by atoms with Gasteiger partial charge in [-0.05, 0) is 46.9 Å². The monoisotopic (exact) mass is 426 g/mol. The molecule has 4 rings (SSSR count). The predicted molar refractivity (Wildman–Crippen MR) is 111 cm³/mol. The molecule has 2 aromatic carbocycles. The Morgan fingerprint density at radius 2 is 1.93 bits per heavy atom. The second kappa shape index (κ2) is 8.12. The van der Waals surface area contributed by atoms with E-state index in [4.69, 9.17) is 20.8 Å². The zero-order valence-corrected chi connectivity index (χ0v) is 16.6. The molecule has 0 atom stereocenters. The lowest BCUT2D eigenvalue weighted by Crippen LogP contribution is -2.15. The molecule has 0 aliphatic carbocycles. The van der Waals surface area contributed by atoms with Gasteiger partial charge in [-0.25, -0.2) is 9.18 Å². The van der Waals surface area contributed by atoms with Crippen LogP contribution in [0.15, 0.2) is 62.5 Å². The van der Waals surface area contributed by atoms with Gasteiger partial charge in [0.05, 0.1) is 5.02 Å². The maximum atomic E-state index is 13.4. The van der Waals surface area contributed by atoms with Gasteiger partial charge < -0.3 is 9.15 Å². The van der Waals surface area contributed by atoms with Gasteiger partial charge in [-0.1, -0.05) is 42.8 Å². The van der Waals surface area contributed by atoms with Crippen molar-refractivity contribution in [3.63, 3.8) is 0 Å². The van der Waals surface area contributed by atoms with Crippen molar-refractivity contribution in [2.45, 2.75) is 20.0 Å². The van der Waals surface area contributed by atoms with Crippen molar-refractivity contribution < 1.29 is 13.5 Å². The third kappa shape index (κ3) is 3.97. The number of ether oxygens (including phenoxy) is 1. The first-order valence-corrected chi connectivity index (χ1v) is 9.56. The highest BCUT2D eigenvalue weighted by Gasteiger charge is 2.12. The minimum atomic E-state index is -0.575. The maximum absolute atomic E-state index is 13.4. The van der Waals surface area contributed by atoms with E-state index in [1.165, 1.54) is 12.1 Å². The molecule has 2 aromatic heterocycles. The fourth-order valence-electron chi connectivity index (χ4n) is 3.14. The number of hydrogen-bond acceptors (Lipinski definition) is 5. The highest BCUT2D eigenvalue weighted by Crippen LogP contribution is 2.26. The molecule has 2 heterocycles. The van der Waals surface area contributed by atoms with E-state index in [1.807, 2.05) is 31.2 Å². The van der Waals surface area contributed by atoms with Crippen LogP contribution in [0.1, 0.15) is 18.1 Å². The molecule has 152 valence electrons. The molecule has 0 fully saturated rings. The Morgan fingerprint density at radius 3 is 2.70 bits per heavy atom. The Bertz CT molecular complexity index is 1360. The number of hydrogen-bond donors (Lipinski definition) is 1. The first-order valence-electron chi connectivity index (χ1n) is 9.19. The normalized spacial score (nSPS) is 11.0. The SMILES string of the molecule is CCc1cc(=O)oc2nc(OCc3cccc(-c4ccc(F)c(Cl)c4)c3)[nH]c(=O)c12. The number of H-pyrrole nitrogens is 1. The number of aromatic nitrogens is 2. The highest BCUT2D eigenvalue weighted by atomic mass is 35.5. The third-order valence-electron chi connectivity index (χ3n) is 4.61. The van der Waals surface area contributed by atoms with Crippen molar-refractivity contribution in [2.24, 2.45) is 0 Å². The molecule has 0 radical (unpaired) electrons. The Balaban J connectivity index is 1.61. The Hall–Kier alpha value is -3.45. The topological polar surface area (TPSA) is 85.2 Å². The van der Waals surface area contributed by atoms with Gasteiger partial charge in [0.2, 0.25) is 5.71 Å². The Kier molecular flexibility index (Phi) is 5.37. The fraction of sp³-hybridized carbons (Fsp3) is 0.136. The summed E-state index contributed by atoms with van der Waals surface area (Å²) in [4.78, 5) is 30.8. The van der Waals surface area contributed by atoms with E-state index in [1.54, 1.807) is 12.1 Å². The van der Waals surface area contributed by atoms with Crippen LogP contribution in [0.25, 0.3) is 22.2 Å². The lowest BCUT2D eigenvalue weighted by atomic mass is 10.0. The van der Waals surface area contributed by atoms with Gasteiger partial charge in [0.1, 0.15) is 17.8 Å². The van der Waals surface area contributed by atoms with Crippen LogP contribution in [-0.2, 0) is 13.0 Å². The summed E-state index contributed by atoms with van der Waals surface area (Å²) in [6.45, 7) is 1.94. The molecular formula is C22H16ClFN2O4. The maximum Gasteiger partial charge on any atom is 0.337 e. The smallest absolute Gasteiger partial charge is 0.337 e. The van der Waals surface area contributed by atoms with E-state index in [0.717, 1.165) is 16.7 Å². The zero-order chi connectivity index (χ0) is 21.3. The summed E-state index contributed by atoms with van der Waals surface area (Å²) >= 11 is 5.87. The minimum absolute atomic E-state index is 0.0417. The van der Waals surface area contributed by atoms with Crippen molar-refractivity contribution in [2.75, 3.05) is 0 Å². The first-order chi connectivity index (χ1) is 14.4. The van der Waals surface area contributed by atoms with Crippen LogP contribution in [0.2, 0.25) is 5.02 Å². The number of rotatable bonds is 5. The van der Waals surface area contributed by atoms with E-state index in [-0.39, 0.29) is 28.7 Å². The van der Waals surface area contributed by atoms with Crippen LogP contribution in [0, 0.1) is 5.82 Å². The predicted octanol–water partition coefficient (Wildman–Crippen LogP) is 4.48. The average Bonchev–Trinajstić information content (AvgIpc) is 2.73. The number of nitrogens with one attached hydrogen (secondary N) is 1. The van der Waals surface area contributed by atoms with Crippen LogP contribution in [0.4, 0.5) is 4.39 Å². The van der Waals surface area contributed by atoms with Crippen molar-refractivity contribution in [3.8, 4) is 17.1 Å². The molecule has 8 heteroatoms. The number of benzene rings is 2. The summed E-state index contributed by atoms with van der Waals surface area (Å²) in [5.74, 6) is -0.482. The molecule has 0 aliphatic rings. The van der Waals surface area contributed by atoms with Crippen LogP contribution >= 0.6 is 11.6 Å². The molecule has 0 unspecified atom stereocenters. The van der Waals surface area contributed by atoms with Gasteiger partial charge in [-0.3, -0.25) is 9.78 Å². The third-order valence-corrected chi connectivity index (χ3v) is 4.90. The van der Waals surface area contributed by atoms with Crippen LogP contribution in [0.3, 0.4) is 0 Å². The van der Waals surface area contributed by atoms with E-state index < -0.39 is 17.0 Å². The van der Waals surface area contributed by atoms with Gasteiger partial charge in [0.15, 0.2) is 0 Å². The van der Waals surface area contributed by atoms with Gasteiger partial charge in [-0.2, -0.15) is 4.98 Å². The molecule has 6 nitrogen and oxygen atoms in total. The van der Waals surface area contributed by atoms with Gasteiger partial charge in [-0.15, -0.1) is 0 Å².